The number of nitrogens with one attached hydrogen (secondary N) is 1. The van der Waals surface area contributed by atoms with E-state index in [1.54, 1.807) is 11.6 Å². The van der Waals surface area contributed by atoms with Crippen LogP contribution < -0.4 is 5.32 Å². The molecule has 0 spiro atoms. The van der Waals surface area contributed by atoms with Gasteiger partial charge in [-0.15, -0.1) is 5.10 Å². The van der Waals surface area contributed by atoms with Gasteiger partial charge in [0.1, 0.15) is 0 Å². The first-order valence-electron chi connectivity index (χ1n) is 9.32. The summed E-state index contributed by atoms with van der Waals surface area (Å²) in [7, 11) is 0. The minimum absolute atomic E-state index is 0.124. The molecule has 1 atom stereocenters. The molecule has 0 aliphatic rings. The number of benzene rings is 2. The van der Waals surface area contributed by atoms with Gasteiger partial charge < -0.3 is 10.4 Å². The highest BCUT2D eigenvalue weighted by atomic mass is 16.3. The molecule has 1 heterocycles. The minimum Gasteiger partial charge on any atom is -0.394 e. The van der Waals surface area contributed by atoms with Crippen molar-refractivity contribution in [3.63, 3.8) is 0 Å². The van der Waals surface area contributed by atoms with Crippen LogP contribution in [0.2, 0.25) is 0 Å². The second-order valence-electron chi connectivity index (χ2n) is 7.19. The average molecular weight is 379 g/mol. The van der Waals surface area contributed by atoms with E-state index in [0.29, 0.717) is 5.56 Å². The summed E-state index contributed by atoms with van der Waals surface area (Å²) in [6.07, 6.45) is 0. The predicted octanol–water partition coefficient (Wildman–Crippen LogP) is 2.87. The SMILES string of the molecule is Cc1c(C(=O)NC(C)CO)cc(-c2ccccc2)cc1-n1nnnc1C(C)C. The van der Waals surface area contributed by atoms with Crippen molar-refractivity contribution < 1.29 is 9.90 Å². The Bertz CT molecular complexity index is 966. The molecule has 0 saturated heterocycles. The molecule has 0 radical (unpaired) electrons. The van der Waals surface area contributed by atoms with E-state index in [-0.39, 0.29) is 24.5 Å². The van der Waals surface area contributed by atoms with Crippen molar-refractivity contribution in [3.05, 3.63) is 59.4 Å². The number of hydrogen-bond acceptors (Lipinski definition) is 5. The first-order chi connectivity index (χ1) is 13.4. The summed E-state index contributed by atoms with van der Waals surface area (Å²) >= 11 is 0. The fraction of sp³-hybridized carbons (Fsp3) is 0.333. The molecular formula is C21H25N5O2. The van der Waals surface area contributed by atoms with Crippen molar-refractivity contribution in [1.29, 1.82) is 0 Å². The molecule has 0 bridgehead atoms. The molecule has 2 aromatic carbocycles. The van der Waals surface area contributed by atoms with Crippen molar-refractivity contribution in [2.24, 2.45) is 0 Å². The number of amides is 1. The number of tetrazole rings is 1. The molecule has 146 valence electrons. The third-order valence-corrected chi connectivity index (χ3v) is 4.62. The van der Waals surface area contributed by atoms with Crippen LogP contribution in [0.4, 0.5) is 0 Å². The van der Waals surface area contributed by atoms with Crippen LogP contribution in [0.3, 0.4) is 0 Å². The molecule has 1 aromatic heterocycles. The fourth-order valence-corrected chi connectivity index (χ4v) is 3.02. The number of hydrogen-bond donors (Lipinski definition) is 2. The highest BCUT2D eigenvalue weighted by Gasteiger charge is 2.20. The molecule has 2 N–H and O–H groups in total. The van der Waals surface area contributed by atoms with Gasteiger partial charge >= 0.3 is 0 Å². The number of aliphatic hydroxyl groups excluding tert-OH is 1. The van der Waals surface area contributed by atoms with E-state index in [9.17, 15) is 9.90 Å². The van der Waals surface area contributed by atoms with E-state index in [4.69, 9.17) is 0 Å². The van der Waals surface area contributed by atoms with Gasteiger partial charge in [-0.05, 0) is 53.1 Å². The molecule has 0 aliphatic heterocycles. The van der Waals surface area contributed by atoms with E-state index in [1.807, 2.05) is 63.2 Å². The monoisotopic (exact) mass is 379 g/mol. The summed E-state index contributed by atoms with van der Waals surface area (Å²) in [6, 6.07) is 13.4. The third-order valence-electron chi connectivity index (χ3n) is 4.62. The Balaban J connectivity index is 2.19. The van der Waals surface area contributed by atoms with Gasteiger partial charge in [-0.3, -0.25) is 4.79 Å². The molecule has 0 saturated carbocycles. The van der Waals surface area contributed by atoms with Crippen molar-refractivity contribution >= 4 is 5.91 Å². The van der Waals surface area contributed by atoms with Crippen LogP contribution in [0.25, 0.3) is 16.8 Å². The smallest absolute Gasteiger partial charge is 0.251 e. The maximum atomic E-state index is 12.9. The second-order valence-corrected chi connectivity index (χ2v) is 7.19. The van der Waals surface area contributed by atoms with Gasteiger partial charge in [-0.25, -0.2) is 0 Å². The summed E-state index contributed by atoms with van der Waals surface area (Å²) in [5.74, 6) is 0.613. The first-order valence-corrected chi connectivity index (χ1v) is 9.32. The Hall–Kier alpha value is -3.06. The molecular weight excluding hydrogens is 354 g/mol. The molecule has 0 fully saturated rings. The summed E-state index contributed by atoms with van der Waals surface area (Å²) in [5.41, 5.74) is 3.95. The zero-order valence-electron chi connectivity index (χ0n) is 16.5. The minimum atomic E-state index is -0.338. The van der Waals surface area contributed by atoms with Gasteiger partial charge in [0.05, 0.1) is 12.3 Å². The van der Waals surface area contributed by atoms with Gasteiger partial charge in [0.25, 0.3) is 5.91 Å². The summed E-state index contributed by atoms with van der Waals surface area (Å²) in [6.45, 7) is 7.56. The largest absolute Gasteiger partial charge is 0.394 e. The Morgan fingerprint density at radius 1 is 1.14 bits per heavy atom. The van der Waals surface area contributed by atoms with E-state index >= 15 is 0 Å². The van der Waals surface area contributed by atoms with Crippen molar-refractivity contribution in [3.8, 4) is 16.8 Å². The van der Waals surface area contributed by atoms with Crippen LogP contribution in [-0.2, 0) is 0 Å². The fourth-order valence-electron chi connectivity index (χ4n) is 3.02. The zero-order valence-corrected chi connectivity index (χ0v) is 16.5. The molecule has 0 aliphatic carbocycles. The first kappa shape index (κ1) is 19.7. The molecule has 1 unspecified atom stereocenters. The molecule has 3 rings (SSSR count). The summed E-state index contributed by atoms with van der Waals surface area (Å²) in [4.78, 5) is 12.9. The molecule has 3 aromatic rings. The Morgan fingerprint density at radius 2 is 1.86 bits per heavy atom. The number of rotatable bonds is 6. The molecule has 28 heavy (non-hydrogen) atoms. The predicted molar refractivity (Wildman–Crippen MR) is 107 cm³/mol. The van der Waals surface area contributed by atoms with Gasteiger partial charge in [0.2, 0.25) is 0 Å². The lowest BCUT2D eigenvalue weighted by molar-refractivity contribution is 0.0921. The normalized spacial score (nSPS) is 12.2. The lowest BCUT2D eigenvalue weighted by Gasteiger charge is -2.17. The Kier molecular flexibility index (Phi) is 5.84. The number of carbonyl (C=O) groups excluding carboxylic acids is 1. The Labute approximate surface area is 164 Å². The highest BCUT2D eigenvalue weighted by molar-refractivity contribution is 5.98. The van der Waals surface area contributed by atoms with E-state index in [0.717, 1.165) is 28.2 Å². The molecule has 7 nitrogen and oxygen atoms in total. The maximum Gasteiger partial charge on any atom is 0.251 e. The van der Waals surface area contributed by atoms with Crippen LogP contribution in [-0.4, -0.2) is 43.9 Å². The zero-order chi connectivity index (χ0) is 20.3. The summed E-state index contributed by atoms with van der Waals surface area (Å²) < 4.78 is 1.69. The number of carbonyl (C=O) groups is 1. The quantitative estimate of drug-likeness (QED) is 0.687. The lowest BCUT2D eigenvalue weighted by Crippen LogP contribution is -2.35. The van der Waals surface area contributed by atoms with Gasteiger partial charge in [0.15, 0.2) is 5.82 Å². The van der Waals surface area contributed by atoms with Crippen molar-refractivity contribution in [1.82, 2.24) is 25.5 Å². The molecule has 7 heteroatoms. The lowest BCUT2D eigenvalue weighted by atomic mass is 9.97. The van der Waals surface area contributed by atoms with E-state index in [1.165, 1.54) is 0 Å². The van der Waals surface area contributed by atoms with E-state index in [2.05, 4.69) is 20.8 Å². The Morgan fingerprint density at radius 3 is 2.50 bits per heavy atom. The number of aromatic nitrogens is 4. The topological polar surface area (TPSA) is 92.9 Å². The molecule has 1 amide bonds. The van der Waals surface area contributed by atoms with Crippen molar-refractivity contribution in [2.75, 3.05) is 6.61 Å². The van der Waals surface area contributed by atoms with Crippen LogP contribution in [0.1, 0.15) is 48.4 Å². The standard InChI is InChI=1S/C21H25N5O2/c1-13(2)20-23-24-25-26(20)19-11-17(16-8-6-5-7-9-16)10-18(15(19)4)21(28)22-14(3)12-27/h5-11,13-14,27H,12H2,1-4H3,(H,22,28). The summed E-state index contributed by atoms with van der Waals surface area (Å²) in [5, 5.41) is 24.2. The van der Waals surface area contributed by atoms with Crippen LogP contribution in [0.15, 0.2) is 42.5 Å². The average Bonchev–Trinajstić information content (AvgIpc) is 3.18. The van der Waals surface area contributed by atoms with Gasteiger partial charge in [-0.1, -0.05) is 44.2 Å². The van der Waals surface area contributed by atoms with Crippen LogP contribution in [0.5, 0.6) is 0 Å². The second kappa shape index (κ2) is 8.31. The highest BCUT2D eigenvalue weighted by Crippen LogP contribution is 2.29. The number of aliphatic hydroxyl groups is 1. The van der Waals surface area contributed by atoms with Gasteiger partial charge in [-0.2, -0.15) is 4.68 Å². The van der Waals surface area contributed by atoms with Crippen LogP contribution >= 0.6 is 0 Å². The van der Waals surface area contributed by atoms with Gasteiger partial charge in [0, 0.05) is 17.5 Å². The van der Waals surface area contributed by atoms with Crippen molar-refractivity contribution in [2.45, 2.75) is 39.7 Å². The maximum absolute atomic E-state index is 12.9. The van der Waals surface area contributed by atoms with E-state index < -0.39 is 0 Å². The van der Waals surface area contributed by atoms with Crippen LogP contribution in [0, 0.1) is 6.92 Å². The number of nitrogens with zero attached hydrogens (tertiary/aromatic N) is 4. The third kappa shape index (κ3) is 3.94.